The lowest BCUT2D eigenvalue weighted by atomic mass is 10.1. The first-order chi connectivity index (χ1) is 8.13. The molecule has 2 rings (SSSR count). The van der Waals surface area contributed by atoms with Gasteiger partial charge in [0.1, 0.15) is 5.39 Å². The standard InChI is InChI=1S/C11H13N5O/c1-6(3-4-13-2)7-5-8-9(11(17)14-7)10(12)16-15-8/h3-5H,1-2H3,(H,14,17)(H3,12,15,16)/b6-3+,13-4?. The Morgan fingerprint density at radius 2 is 2.35 bits per heavy atom. The number of nitrogens with two attached hydrogens (primary N) is 1. The molecule has 2 heterocycles. The van der Waals surface area contributed by atoms with Crippen LogP contribution in [0.5, 0.6) is 0 Å². The number of allylic oxidation sites excluding steroid dienone is 2. The van der Waals surface area contributed by atoms with E-state index < -0.39 is 0 Å². The van der Waals surface area contributed by atoms with Gasteiger partial charge < -0.3 is 10.7 Å². The molecule has 2 aromatic rings. The van der Waals surface area contributed by atoms with Crippen molar-refractivity contribution in [2.24, 2.45) is 4.99 Å². The summed E-state index contributed by atoms with van der Waals surface area (Å²) in [5, 5.41) is 6.92. The summed E-state index contributed by atoms with van der Waals surface area (Å²) in [7, 11) is 1.69. The molecule has 0 spiro atoms. The molecular weight excluding hydrogens is 218 g/mol. The Labute approximate surface area is 97.3 Å². The summed E-state index contributed by atoms with van der Waals surface area (Å²) in [6.45, 7) is 1.89. The fraction of sp³-hybridized carbons (Fsp3) is 0.182. The highest BCUT2D eigenvalue weighted by atomic mass is 16.1. The van der Waals surface area contributed by atoms with Gasteiger partial charge in [0.15, 0.2) is 5.82 Å². The zero-order valence-corrected chi connectivity index (χ0v) is 9.61. The lowest BCUT2D eigenvalue weighted by Crippen LogP contribution is -2.09. The van der Waals surface area contributed by atoms with E-state index in [9.17, 15) is 4.79 Å². The molecule has 6 nitrogen and oxygen atoms in total. The topological polar surface area (TPSA) is 99.9 Å². The number of hydrogen-bond donors (Lipinski definition) is 3. The molecule has 17 heavy (non-hydrogen) atoms. The minimum absolute atomic E-state index is 0.213. The van der Waals surface area contributed by atoms with Crippen molar-refractivity contribution in [1.82, 2.24) is 15.2 Å². The van der Waals surface area contributed by atoms with Crippen LogP contribution in [0.1, 0.15) is 12.6 Å². The molecule has 88 valence electrons. The molecule has 2 aromatic heterocycles. The Balaban J connectivity index is 2.62. The highest BCUT2D eigenvalue weighted by Gasteiger charge is 2.08. The molecule has 0 saturated heterocycles. The van der Waals surface area contributed by atoms with Crippen molar-refractivity contribution in [2.75, 3.05) is 12.8 Å². The Hall–Kier alpha value is -2.37. The van der Waals surface area contributed by atoms with Gasteiger partial charge in [-0.05, 0) is 24.6 Å². The van der Waals surface area contributed by atoms with Gasteiger partial charge in [0.05, 0.1) is 5.52 Å². The summed E-state index contributed by atoms with van der Waals surface area (Å²) in [6.07, 6.45) is 3.48. The van der Waals surface area contributed by atoms with E-state index in [-0.39, 0.29) is 11.4 Å². The Morgan fingerprint density at radius 3 is 3.06 bits per heavy atom. The van der Waals surface area contributed by atoms with E-state index in [0.29, 0.717) is 16.6 Å². The van der Waals surface area contributed by atoms with E-state index in [1.54, 1.807) is 19.3 Å². The fourth-order valence-corrected chi connectivity index (χ4v) is 1.57. The van der Waals surface area contributed by atoms with Gasteiger partial charge in [-0.1, -0.05) is 0 Å². The Bertz CT molecular complexity index is 662. The summed E-state index contributed by atoms with van der Waals surface area (Å²) in [5.74, 6) is 0.213. The van der Waals surface area contributed by atoms with Gasteiger partial charge in [0.25, 0.3) is 5.56 Å². The molecule has 6 heteroatoms. The average molecular weight is 231 g/mol. The fourth-order valence-electron chi connectivity index (χ4n) is 1.57. The van der Waals surface area contributed by atoms with Crippen LogP contribution in [0.4, 0.5) is 5.82 Å². The van der Waals surface area contributed by atoms with Gasteiger partial charge in [0.2, 0.25) is 0 Å². The predicted octanol–water partition coefficient (Wildman–Crippen LogP) is 0.937. The first kappa shape index (κ1) is 11.1. The summed E-state index contributed by atoms with van der Waals surface area (Å²) >= 11 is 0. The van der Waals surface area contributed by atoms with Crippen molar-refractivity contribution >= 4 is 28.5 Å². The van der Waals surface area contributed by atoms with Crippen LogP contribution in [0.3, 0.4) is 0 Å². The maximum atomic E-state index is 11.8. The van der Waals surface area contributed by atoms with E-state index in [1.807, 2.05) is 13.0 Å². The van der Waals surface area contributed by atoms with E-state index in [2.05, 4.69) is 20.2 Å². The summed E-state index contributed by atoms with van der Waals surface area (Å²) < 4.78 is 0. The number of H-pyrrole nitrogens is 2. The molecule has 0 bridgehead atoms. The predicted molar refractivity (Wildman–Crippen MR) is 69.2 cm³/mol. The molecule has 0 saturated carbocycles. The highest BCUT2D eigenvalue weighted by Crippen LogP contribution is 2.16. The molecule has 0 radical (unpaired) electrons. The number of hydrogen-bond acceptors (Lipinski definition) is 4. The minimum atomic E-state index is -0.245. The van der Waals surface area contributed by atoms with Crippen molar-refractivity contribution in [3.8, 4) is 0 Å². The number of pyridine rings is 1. The van der Waals surface area contributed by atoms with Gasteiger partial charge in [-0.3, -0.25) is 14.9 Å². The normalized spacial score (nSPS) is 12.7. The number of aliphatic imine (C=N–C) groups is 1. The first-order valence-corrected chi connectivity index (χ1v) is 5.09. The molecule has 0 aliphatic heterocycles. The number of nitrogen functional groups attached to an aromatic ring is 1. The van der Waals surface area contributed by atoms with Crippen LogP contribution in [-0.2, 0) is 0 Å². The summed E-state index contributed by atoms with van der Waals surface area (Å²) in [4.78, 5) is 18.4. The SMILES string of the molecule is CN=C/C=C(\C)c1cc2[nH]nc(N)c2c(=O)[nH]1. The van der Waals surface area contributed by atoms with E-state index in [1.165, 1.54) is 0 Å². The zero-order valence-electron chi connectivity index (χ0n) is 9.61. The second-order valence-electron chi connectivity index (χ2n) is 3.67. The maximum Gasteiger partial charge on any atom is 0.261 e. The van der Waals surface area contributed by atoms with Crippen LogP contribution in [0, 0.1) is 0 Å². The third kappa shape index (κ3) is 1.96. The van der Waals surface area contributed by atoms with Crippen LogP contribution in [0.15, 0.2) is 21.9 Å². The number of nitrogens with zero attached hydrogens (tertiary/aromatic N) is 2. The summed E-state index contributed by atoms with van der Waals surface area (Å²) in [6, 6.07) is 1.80. The smallest absolute Gasteiger partial charge is 0.261 e. The molecule has 0 fully saturated rings. The van der Waals surface area contributed by atoms with Crippen LogP contribution in [0.2, 0.25) is 0 Å². The highest BCUT2D eigenvalue weighted by molar-refractivity contribution is 5.90. The largest absolute Gasteiger partial charge is 0.382 e. The lowest BCUT2D eigenvalue weighted by molar-refractivity contribution is 1.12. The Kier molecular flexibility index (Phi) is 2.78. The lowest BCUT2D eigenvalue weighted by Gasteiger charge is -2.00. The summed E-state index contributed by atoms with van der Waals surface area (Å²) in [5.41, 5.74) is 7.59. The minimum Gasteiger partial charge on any atom is -0.382 e. The van der Waals surface area contributed by atoms with Crippen molar-refractivity contribution in [3.05, 3.63) is 28.2 Å². The van der Waals surface area contributed by atoms with Crippen LogP contribution in [0.25, 0.3) is 16.5 Å². The van der Waals surface area contributed by atoms with Crippen molar-refractivity contribution in [1.29, 1.82) is 0 Å². The third-order valence-corrected chi connectivity index (χ3v) is 2.48. The molecule has 0 amide bonds. The van der Waals surface area contributed by atoms with Gasteiger partial charge >= 0.3 is 0 Å². The van der Waals surface area contributed by atoms with Crippen LogP contribution >= 0.6 is 0 Å². The number of anilines is 1. The van der Waals surface area contributed by atoms with Gasteiger partial charge in [0, 0.05) is 19.0 Å². The van der Waals surface area contributed by atoms with E-state index in [4.69, 9.17) is 5.73 Å². The van der Waals surface area contributed by atoms with Gasteiger partial charge in [-0.25, -0.2) is 0 Å². The number of fused-ring (bicyclic) bond motifs is 1. The monoisotopic (exact) mass is 231 g/mol. The second-order valence-corrected chi connectivity index (χ2v) is 3.67. The van der Waals surface area contributed by atoms with E-state index >= 15 is 0 Å². The number of aromatic amines is 2. The molecule has 0 unspecified atom stereocenters. The van der Waals surface area contributed by atoms with Crippen LogP contribution < -0.4 is 11.3 Å². The Morgan fingerprint density at radius 1 is 1.59 bits per heavy atom. The van der Waals surface area contributed by atoms with Crippen molar-refractivity contribution in [3.63, 3.8) is 0 Å². The molecule has 0 aliphatic rings. The second kappa shape index (κ2) is 4.25. The number of rotatable bonds is 2. The molecule has 0 atom stereocenters. The van der Waals surface area contributed by atoms with Crippen molar-refractivity contribution in [2.45, 2.75) is 6.92 Å². The first-order valence-electron chi connectivity index (χ1n) is 5.09. The van der Waals surface area contributed by atoms with Gasteiger partial charge in [-0.2, -0.15) is 5.10 Å². The molecule has 0 aromatic carbocycles. The molecular formula is C11H13N5O. The maximum absolute atomic E-state index is 11.8. The third-order valence-electron chi connectivity index (χ3n) is 2.48. The zero-order chi connectivity index (χ0) is 12.4. The van der Waals surface area contributed by atoms with E-state index in [0.717, 1.165) is 5.57 Å². The van der Waals surface area contributed by atoms with Crippen molar-refractivity contribution < 1.29 is 0 Å². The van der Waals surface area contributed by atoms with Gasteiger partial charge in [-0.15, -0.1) is 0 Å². The quantitative estimate of drug-likeness (QED) is 0.670. The average Bonchev–Trinajstić information content (AvgIpc) is 2.68. The number of nitrogens with one attached hydrogen (secondary N) is 2. The molecule has 0 aliphatic carbocycles. The molecule has 4 N–H and O–H groups in total. The van der Waals surface area contributed by atoms with Crippen LogP contribution in [-0.4, -0.2) is 28.4 Å². The number of aromatic nitrogens is 3.